The third-order valence-electron chi connectivity index (χ3n) is 3.17. The maximum absolute atomic E-state index is 3.57. The normalized spacial score (nSPS) is 15.9. The Bertz CT molecular complexity index is 143. The largest absolute Gasteiger partial charge is 0.315 e. The Labute approximate surface area is 102 Å². The van der Waals surface area contributed by atoms with Crippen molar-refractivity contribution in [3.63, 3.8) is 0 Å². The van der Waals surface area contributed by atoms with Crippen molar-refractivity contribution in [2.24, 2.45) is 0 Å². The van der Waals surface area contributed by atoms with E-state index in [-0.39, 0.29) is 0 Å². The van der Waals surface area contributed by atoms with E-state index >= 15 is 0 Å². The van der Waals surface area contributed by atoms with E-state index < -0.39 is 0 Å². The number of rotatable bonds is 11. The van der Waals surface area contributed by atoms with Gasteiger partial charge in [-0.25, -0.2) is 0 Å². The molecule has 16 heavy (non-hydrogen) atoms. The molecule has 0 radical (unpaired) electrons. The van der Waals surface area contributed by atoms with Gasteiger partial charge >= 0.3 is 0 Å². The number of unbranched alkanes of at least 4 members (excludes halogenated alkanes) is 5. The monoisotopic (exact) mass is 226 g/mol. The highest BCUT2D eigenvalue weighted by Crippen LogP contribution is 2.18. The van der Waals surface area contributed by atoms with Gasteiger partial charge in [0.1, 0.15) is 0 Å². The first-order valence-corrected chi connectivity index (χ1v) is 7.26. The summed E-state index contributed by atoms with van der Waals surface area (Å²) in [4.78, 5) is 0. The molecule has 0 atom stereocenters. The summed E-state index contributed by atoms with van der Waals surface area (Å²) in [6, 6.07) is 1.54. The highest BCUT2D eigenvalue weighted by atomic mass is 14.9. The Hall–Kier alpha value is -0.0800. The minimum absolute atomic E-state index is 0.647. The van der Waals surface area contributed by atoms with Gasteiger partial charge in [0.25, 0.3) is 0 Å². The Kier molecular flexibility index (Phi) is 7.87. The molecule has 2 heteroatoms. The van der Waals surface area contributed by atoms with Gasteiger partial charge in [0.15, 0.2) is 0 Å². The average molecular weight is 226 g/mol. The summed E-state index contributed by atoms with van der Waals surface area (Å²) in [6.07, 6.45) is 11.2. The highest BCUT2D eigenvalue weighted by Gasteiger charge is 2.19. The first-order valence-electron chi connectivity index (χ1n) is 7.26. The van der Waals surface area contributed by atoms with Crippen molar-refractivity contribution in [2.45, 2.75) is 77.3 Å². The second kappa shape index (κ2) is 9.00. The fourth-order valence-electron chi connectivity index (χ4n) is 1.94. The third-order valence-corrected chi connectivity index (χ3v) is 3.17. The summed E-state index contributed by atoms with van der Waals surface area (Å²) in [7, 11) is 0. The lowest BCUT2D eigenvalue weighted by Crippen LogP contribution is -2.23. The summed E-state index contributed by atoms with van der Waals surface area (Å²) in [5.74, 6) is 0. The Morgan fingerprint density at radius 2 is 1.44 bits per heavy atom. The van der Waals surface area contributed by atoms with Crippen LogP contribution in [0.1, 0.15) is 65.2 Å². The van der Waals surface area contributed by atoms with Crippen LogP contribution in [0, 0.1) is 0 Å². The molecule has 0 aliphatic heterocycles. The smallest absolute Gasteiger partial charge is 0.00682 e. The molecule has 0 unspecified atom stereocenters. The van der Waals surface area contributed by atoms with Crippen molar-refractivity contribution < 1.29 is 0 Å². The molecule has 2 nitrogen and oxygen atoms in total. The molecule has 2 N–H and O–H groups in total. The summed E-state index contributed by atoms with van der Waals surface area (Å²) < 4.78 is 0. The van der Waals surface area contributed by atoms with Crippen LogP contribution in [-0.2, 0) is 0 Å². The molecule has 0 aromatic rings. The molecule has 1 saturated carbocycles. The zero-order chi connectivity index (χ0) is 11.6. The van der Waals surface area contributed by atoms with Gasteiger partial charge in [0.2, 0.25) is 0 Å². The summed E-state index contributed by atoms with van der Waals surface area (Å²) in [5, 5.41) is 7.04. The maximum Gasteiger partial charge on any atom is 0.00682 e. The predicted molar refractivity (Wildman–Crippen MR) is 71.9 cm³/mol. The van der Waals surface area contributed by atoms with Crippen molar-refractivity contribution in [1.82, 2.24) is 10.6 Å². The molecule has 1 fully saturated rings. The molecule has 0 bridgehead atoms. The van der Waals surface area contributed by atoms with Crippen molar-refractivity contribution in [1.29, 1.82) is 0 Å². The summed E-state index contributed by atoms with van der Waals surface area (Å²) in [5.41, 5.74) is 0. The molecule has 0 aromatic carbocycles. The standard InChI is InChI=1S/C14H30N2/c1-13(2)15-11-7-5-3-4-6-8-12-16-14-9-10-14/h13-16H,3-12H2,1-2H3. The molecule has 0 amide bonds. The SMILES string of the molecule is CC(C)NCCCCCCCCNC1CC1. The summed E-state index contributed by atoms with van der Waals surface area (Å²) in [6.45, 7) is 6.88. The quantitative estimate of drug-likeness (QED) is 0.529. The lowest BCUT2D eigenvalue weighted by Gasteiger charge is -2.07. The van der Waals surface area contributed by atoms with E-state index in [1.807, 2.05) is 0 Å². The van der Waals surface area contributed by atoms with Crippen molar-refractivity contribution in [3.8, 4) is 0 Å². The minimum atomic E-state index is 0.647. The number of hydrogen-bond donors (Lipinski definition) is 2. The molecule has 1 aliphatic rings. The Balaban J connectivity index is 1.64. The van der Waals surface area contributed by atoms with Gasteiger partial charge < -0.3 is 10.6 Å². The Morgan fingerprint density at radius 3 is 2.00 bits per heavy atom. The molecule has 1 rings (SSSR count). The second-order valence-electron chi connectivity index (χ2n) is 5.46. The molecule has 1 aliphatic carbocycles. The lowest BCUT2D eigenvalue weighted by atomic mass is 10.1. The average Bonchev–Trinajstić information content (AvgIpc) is 3.04. The minimum Gasteiger partial charge on any atom is -0.315 e. The van der Waals surface area contributed by atoms with Gasteiger partial charge in [-0.1, -0.05) is 39.5 Å². The zero-order valence-corrected chi connectivity index (χ0v) is 11.2. The van der Waals surface area contributed by atoms with Crippen LogP contribution in [0.25, 0.3) is 0 Å². The van der Waals surface area contributed by atoms with Gasteiger partial charge in [-0.15, -0.1) is 0 Å². The Morgan fingerprint density at radius 1 is 0.875 bits per heavy atom. The van der Waals surface area contributed by atoms with E-state index in [0.29, 0.717) is 6.04 Å². The van der Waals surface area contributed by atoms with Gasteiger partial charge in [-0.3, -0.25) is 0 Å². The van der Waals surface area contributed by atoms with Crippen LogP contribution in [0.4, 0.5) is 0 Å². The van der Waals surface area contributed by atoms with E-state index in [0.717, 1.165) is 6.04 Å². The van der Waals surface area contributed by atoms with E-state index in [9.17, 15) is 0 Å². The highest BCUT2D eigenvalue weighted by molar-refractivity contribution is 4.80. The van der Waals surface area contributed by atoms with Crippen LogP contribution in [0.15, 0.2) is 0 Å². The van der Waals surface area contributed by atoms with Crippen molar-refractivity contribution in [3.05, 3.63) is 0 Å². The van der Waals surface area contributed by atoms with Gasteiger partial charge in [-0.05, 0) is 38.8 Å². The molecule has 0 spiro atoms. The lowest BCUT2D eigenvalue weighted by molar-refractivity contribution is 0.526. The fraction of sp³-hybridized carbons (Fsp3) is 1.00. The van der Waals surface area contributed by atoms with Crippen LogP contribution in [0.3, 0.4) is 0 Å². The van der Waals surface area contributed by atoms with Gasteiger partial charge in [-0.2, -0.15) is 0 Å². The first kappa shape index (κ1) is 14.0. The molecule has 0 aromatic heterocycles. The van der Waals surface area contributed by atoms with Crippen LogP contribution in [-0.4, -0.2) is 25.2 Å². The summed E-state index contributed by atoms with van der Waals surface area (Å²) >= 11 is 0. The molecular formula is C14H30N2. The number of nitrogens with one attached hydrogen (secondary N) is 2. The molecule has 96 valence electrons. The van der Waals surface area contributed by atoms with Crippen LogP contribution in [0.5, 0.6) is 0 Å². The first-order chi connectivity index (χ1) is 7.79. The molecule has 0 saturated heterocycles. The zero-order valence-electron chi connectivity index (χ0n) is 11.2. The van der Waals surface area contributed by atoms with Gasteiger partial charge in [0, 0.05) is 12.1 Å². The van der Waals surface area contributed by atoms with Crippen molar-refractivity contribution in [2.75, 3.05) is 13.1 Å². The van der Waals surface area contributed by atoms with E-state index in [1.165, 1.54) is 64.5 Å². The predicted octanol–water partition coefficient (Wildman–Crippen LogP) is 3.08. The third kappa shape index (κ3) is 9.17. The fourth-order valence-corrected chi connectivity index (χ4v) is 1.94. The second-order valence-corrected chi connectivity index (χ2v) is 5.46. The molecule has 0 heterocycles. The number of hydrogen-bond acceptors (Lipinski definition) is 2. The van der Waals surface area contributed by atoms with E-state index in [1.54, 1.807) is 0 Å². The van der Waals surface area contributed by atoms with Crippen LogP contribution < -0.4 is 10.6 Å². The molecular weight excluding hydrogens is 196 g/mol. The van der Waals surface area contributed by atoms with Crippen LogP contribution >= 0.6 is 0 Å². The maximum atomic E-state index is 3.57. The van der Waals surface area contributed by atoms with E-state index in [4.69, 9.17) is 0 Å². The topological polar surface area (TPSA) is 24.1 Å². The van der Waals surface area contributed by atoms with Gasteiger partial charge in [0.05, 0.1) is 0 Å². The van der Waals surface area contributed by atoms with Crippen LogP contribution in [0.2, 0.25) is 0 Å². The van der Waals surface area contributed by atoms with Crippen molar-refractivity contribution >= 4 is 0 Å². The van der Waals surface area contributed by atoms with E-state index in [2.05, 4.69) is 24.5 Å².